The fourth-order valence-corrected chi connectivity index (χ4v) is 3.38. The highest BCUT2D eigenvalue weighted by Gasteiger charge is 2.24. The summed E-state index contributed by atoms with van der Waals surface area (Å²) in [4.78, 5) is 19.0. The number of aromatic nitrogens is 1. The highest BCUT2D eigenvalue weighted by atomic mass is 35.5. The van der Waals surface area contributed by atoms with Gasteiger partial charge in [0.1, 0.15) is 0 Å². The van der Waals surface area contributed by atoms with E-state index in [1.54, 1.807) is 18.3 Å². The Morgan fingerprint density at radius 3 is 2.72 bits per heavy atom. The molecule has 1 atom stereocenters. The summed E-state index contributed by atoms with van der Waals surface area (Å²) in [5, 5.41) is 0.741. The zero-order valence-electron chi connectivity index (χ0n) is 14.5. The van der Waals surface area contributed by atoms with E-state index in [0.29, 0.717) is 24.0 Å². The lowest BCUT2D eigenvalue weighted by Crippen LogP contribution is -2.34. The lowest BCUT2D eigenvalue weighted by Gasteiger charge is -2.25. The summed E-state index contributed by atoms with van der Waals surface area (Å²) in [5.41, 5.74) is 1.86. The summed E-state index contributed by atoms with van der Waals surface area (Å²) in [7, 11) is 0. The summed E-state index contributed by atoms with van der Waals surface area (Å²) in [5.74, 6) is 0.935. The van der Waals surface area contributed by atoms with Crippen LogP contribution in [0.4, 0.5) is 0 Å². The third-order valence-electron chi connectivity index (χ3n) is 4.58. The number of hydrogen-bond acceptors (Lipinski definition) is 3. The van der Waals surface area contributed by atoms with Gasteiger partial charge >= 0.3 is 0 Å². The maximum Gasteiger partial charge on any atom is 0.255 e. The van der Waals surface area contributed by atoms with E-state index in [0.717, 1.165) is 37.4 Å². The van der Waals surface area contributed by atoms with Crippen LogP contribution in [0, 0.1) is 0 Å². The number of carbonyl (C=O) groups excluding carboxylic acids is 1. The van der Waals surface area contributed by atoms with E-state index in [2.05, 4.69) is 17.1 Å². The molecule has 25 heavy (non-hydrogen) atoms. The predicted molar refractivity (Wildman–Crippen MR) is 99.4 cm³/mol. The van der Waals surface area contributed by atoms with Gasteiger partial charge < -0.3 is 9.64 Å². The number of nitrogens with zero attached hydrogens (tertiary/aromatic N) is 2. The summed E-state index contributed by atoms with van der Waals surface area (Å²) in [6.07, 6.45) is 4.85. The van der Waals surface area contributed by atoms with Crippen LogP contribution in [0.25, 0.3) is 0 Å². The van der Waals surface area contributed by atoms with E-state index in [1.807, 2.05) is 24.0 Å². The normalized spacial score (nSPS) is 17.8. The fourth-order valence-electron chi connectivity index (χ4n) is 3.26. The maximum absolute atomic E-state index is 12.9. The first-order chi connectivity index (χ1) is 12.2. The lowest BCUT2D eigenvalue weighted by atomic mass is 9.94. The molecule has 2 heterocycles. The molecule has 1 aromatic carbocycles. The summed E-state index contributed by atoms with van der Waals surface area (Å²) >= 11 is 6.00. The number of amides is 1. The predicted octanol–water partition coefficient (Wildman–Crippen LogP) is 4.54. The van der Waals surface area contributed by atoms with Crippen molar-refractivity contribution in [1.82, 2.24) is 9.88 Å². The van der Waals surface area contributed by atoms with Crippen LogP contribution < -0.4 is 4.74 Å². The van der Waals surface area contributed by atoms with Crippen molar-refractivity contribution >= 4 is 17.5 Å². The number of hydrogen-bond donors (Lipinski definition) is 0. The van der Waals surface area contributed by atoms with Gasteiger partial charge in [-0.05, 0) is 43.5 Å². The molecule has 1 aromatic heterocycles. The van der Waals surface area contributed by atoms with Crippen LogP contribution in [0.5, 0.6) is 5.88 Å². The molecule has 1 amide bonds. The number of carbonyl (C=O) groups is 1. The Morgan fingerprint density at radius 1 is 1.24 bits per heavy atom. The number of benzene rings is 1. The second-order valence-electron chi connectivity index (χ2n) is 6.31. The largest absolute Gasteiger partial charge is 0.478 e. The van der Waals surface area contributed by atoms with Crippen molar-refractivity contribution in [3.8, 4) is 5.88 Å². The maximum atomic E-state index is 12.9. The van der Waals surface area contributed by atoms with Gasteiger partial charge in [-0.1, -0.05) is 30.2 Å². The molecule has 1 fully saturated rings. The van der Waals surface area contributed by atoms with Crippen LogP contribution in [-0.2, 0) is 0 Å². The van der Waals surface area contributed by atoms with Gasteiger partial charge in [0.05, 0.1) is 12.2 Å². The van der Waals surface area contributed by atoms with E-state index in [-0.39, 0.29) is 5.91 Å². The van der Waals surface area contributed by atoms with E-state index in [4.69, 9.17) is 16.3 Å². The number of halogens is 1. The minimum Gasteiger partial charge on any atom is -0.478 e. The highest BCUT2D eigenvalue weighted by molar-refractivity contribution is 6.30. The Balaban J connectivity index is 1.73. The van der Waals surface area contributed by atoms with Crippen molar-refractivity contribution < 1.29 is 9.53 Å². The molecule has 4 nitrogen and oxygen atoms in total. The van der Waals surface area contributed by atoms with Crippen molar-refractivity contribution in [2.24, 2.45) is 0 Å². The molecule has 0 aliphatic carbocycles. The van der Waals surface area contributed by atoms with Crippen LogP contribution in [0.3, 0.4) is 0 Å². The van der Waals surface area contributed by atoms with Crippen molar-refractivity contribution in [2.45, 2.75) is 32.1 Å². The smallest absolute Gasteiger partial charge is 0.255 e. The van der Waals surface area contributed by atoms with Gasteiger partial charge in [-0.3, -0.25) is 4.79 Å². The van der Waals surface area contributed by atoms with E-state index in [9.17, 15) is 4.79 Å². The minimum atomic E-state index is 0.0383. The van der Waals surface area contributed by atoms with E-state index in [1.165, 1.54) is 5.56 Å². The molecule has 1 aliphatic rings. The molecule has 0 radical (unpaired) electrons. The zero-order chi connectivity index (χ0) is 17.6. The second-order valence-corrected chi connectivity index (χ2v) is 6.75. The quantitative estimate of drug-likeness (QED) is 0.805. The van der Waals surface area contributed by atoms with Crippen molar-refractivity contribution in [1.29, 1.82) is 0 Å². The highest BCUT2D eigenvalue weighted by Crippen LogP contribution is 2.28. The Labute approximate surface area is 153 Å². The van der Waals surface area contributed by atoms with Gasteiger partial charge in [0, 0.05) is 36.3 Å². The fraction of sp³-hybridized carbons (Fsp3) is 0.400. The van der Waals surface area contributed by atoms with Crippen molar-refractivity contribution in [3.05, 3.63) is 58.7 Å². The Hall–Kier alpha value is -2.07. The molecule has 0 bridgehead atoms. The SMILES string of the molecule is CCOc1ccc(C(=O)N2CCCC[C@@H](c3ccc(Cl)cc3)C2)cn1. The molecule has 0 unspecified atom stereocenters. The van der Waals surface area contributed by atoms with Crippen LogP contribution in [-0.4, -0.2) is 35.5 Å². The number of likely N-dealkylation sites (tertiary alicyclic amines) is 1. The van der Waals surface area contributed by atoms with Gasteiger partial charge in [-0.15, -0.1) is 0 Å². The number of pyridine rings is 1. The molecule has 3 rings (SSSR count). The Bertz CT molecular complexity index is 701. The molecular weight excluding hydrogens is 336 g/mol. The first-order valence-corrected chi connectivity index (χ1v) is 9.18. The first-order valence-electron chi connectivity index (χ1n) is 8.81. The molecule has 5 heteroatoms. The third-order valence-corrected chi connectivity index (χ3v) is 4.83. The van der Waals surface area contributed by atoms with Crippen molar-refractivity contribution in [3.63, 3.8) is 0 Å². The summed E-state index contributed by atoms with van der Waals surface area (Å²) < 4.78 is 5.34. The average Bonchev–Trinajstić information content (AvgIpc) is 2.89. The molecule has 1 aliphatic heterocycles. The first kappa shape index (κ1) is 17.7. The van der Waals surface area contributed by atoms with Gasteiger partial charge in [-0.2, -0.15) is 0 Å². The average molecular weight is 359 g/mol. The van der Waals surface area contributed by atoms with E-state index < -0.39 is 0 Å². The van der Waals surface area contributed by atoms with Crippen LogP contribution in [0.1, 0.15) is 48.0 Å². The van der Waals surface area contributed by atoms with Gasteiger partial charge in [0.2, 0.25) is 5.88 Å². The van der Waals surface area contributed by atoms with Crippen LogP contribution in [0.2, 0.25) is 5.02 Å². The molecule has 1 saturated heterocycles. The molecule has 0 N–H and O–H groups in total. The van der Waals surface area contributed by atoms with Gasteiger partial charge in [0.15, 0.2) is 0 Å². The molecule has 132 valence electrons. The molecular formula is C20H23ClN2O2. The Morgan fingerprint density at radius 2 is 2.04 bits per heavy atom. The van der Waals surface area contributed by atoms with Gasteiger partial charge in [0.25, 0.3) is 5.91 Å². The topological polar surface area (TPSA) is 42.4 Å². The lowest BCUT2D eigenvalue weighted by molar-refractivity contribution is 0.0754. The molecule has 2 aromatic rings. The van der Waals surface area contributed by atoms with Crippen LogP contribution >= 0.6 is 11.6 Å². The summed E-state index contributed by atoms with van der Waals surface area (Å²) in [6, 6.07) is 11.5. The zero-order valence-corrected chi connectivity index (χ0v) is 15.2. The standard InChI is InChI=1S/C20H23ClN2O2/c1-2-25-19-11-8-16(13-22-19)20(24)23-12-4-3-5-17(14-23)15-6-9-18(21)10-7-15/h6-11,13,17H,2-5,12,14H2,1H3/t17-/m1/s1. The summed E-state index contributed by atoms with van der Waals surface area (Å²) in [6.45, 7) is 3.99. The third kappa shape index (κ3) is 4.51. The van der Waals surface area contributed by atoms with E-state index >= 15 is 0 Å². The second kappa shape index (κ2) is 8.34. The number of ether oxygens (including phenoxy) is 1. The number of rotatable bonds is 4. The minimum absolute atomic E-state index is 0.0383. The Kier molecular flexibility index (Phi) is 5.92. The van der Waals surface area contributed by atoms with Crippen molar-refractivity contribution in [2.75, 3.05) is 19.7 Å². The van der Waals surface area contributed by atoms with Crippen LogP contribution in [0.15, 0.2) is 42.6 Å². The molecule has 0 saturated carbocycles. The molecule has 0 spiro atoms. The monoisotopic (exact) mass is 358 g/mol. The van der Waals surface area contributed by atoms with Gasteiger partial charge in [-0.25, -0.2) is 4.98 Å².